The van der Waals surface area contributed by atoms with Gasteiger partial charge in [-0.15, -0.1) is 5.06 Å². The van der Waals surface area contributed by atoms with Crippen LogP contribution in [-0.2, 0) is 41.3 Å². The van der Waals surface area contributed by atoms with Crippen molar-refractivity contribution < 1.29 is 36.8 Å². The van der Waals surface area contributed by atoms with Crippen LogP contribution in [0.3, 0.4) is 0 Å². The SMILES string of the molecule is CCN1C(=CC=Cc2c3ccccc3[n+](CCCCCC(=O)ON3C(=O)CCC3=O)c3ccccc23)C(C)(C)c2cc(S(=O)(=O)[O-])ccc21. The van der Waals surface area contributed by atoms with Crippen LogP contribution in [0, 0.1) is 0 Å². The first kappa shape index (κ1) is 34.0. The van der Waals surface area contributed by atoms with E-state index in [0.717, 1.165) is 63.7 Å². The second-order valence-electron chi connectivity index (χ2n) is 12.9. The molecule has 0 saturated carbocycles. The number of hydrogen-bond acceptors (Lipinski definition) is 8. The Bertz CT molecular complexity index is 2080. The average Bonchev–Trinajstić information content (AvgIpc) is 3.50. The number of rotatable bonds is 11. The topological polar surface area (TPSA) is 128 Å². The third-order valence-electron chi connectivity index (χ3n) is 9.42. The first-order chi connectivity index (χ1) is 23.4. The number of allylic oxidation sites excluding steroid dienone is 3. The lowest BCUT2D eigenvalue weighted by atomic mass is 9.83. The lowest BCUT2D eigenvalue weighted by Gasteiger charge is -2.25. The summed E-state index contributed by atoms with van der Waals surface area (Å²) in [5.41, 5.74) is 5.40. The van der Waals surface area contributed by atoms with Crippen molar-refractivity contribution in [1.29, 1.82) is 0 Å². The van der Waals surface area contributed by atoms with Gasteiger partial charge in [0.15, 0.2) is 0 Å². The van der Waals surface area contributed by atoms with Crippen molar-refractivity contribution >= 4 is 61.5 Å². The van der Waals surface area contributed by atoms with E-state index >= 15 is 0 Å². The number of anilines is 1. The summed E-state index contributed by atoms with van der Waals surface area (Å²) in [6.45, 7) is 7.53. The molecule has 1 aromatic heterocycles. The van der Waals surface area contributed by atoms with Crippen LogP contribution in [0.2, 0.25) is 0 Å². The predicted octanol–water partition coefficient (Wildman–Crippen LogP) is 6.07. The molecular formula is C38H39N3O7S. The van der Waals surface area contributed by atoms with Crippen LogP contribution in [-0.4, -0.2) is 42.4 Å². The molecule has 6 rings (SSSR count). The Hall–Kier alpha value is -4.87. The third-order valence-corrected chi connectivity index (χ3v) is 10.2. The van der Waals surface area contributed by atoms with Crippen LogP contribution in [0.1, 0.15) is 70.4 Å². The van der Waals surface area contributed by atoms with Gasteiger partial charge in [-0.05, 0) is 61.7 Å². The molecule has 0 N–H and O–H groups in total. The summed E-state index contributed by atoms with van der Waals surface area (Å²) in [7, 11) is -4.58. The Morgan fingerprint density at radius 2 is 1.57 bits per heavy atom. The highest BCUT2D eigenvalue weighted by molar-refractivity contribution is 7.85. The zero-order valence-corrected chi connectivity index (χ0v) is 28.7. The zero-order valence-electron chi connectivity index (χ0n) is 27.8. The molecule has 0 spiro atoms. The molecule has 0 atom stereocenters. The number of carbonyl (C=O) groups is 3. The molecular weight excluding hydrogens is 642 g/mol. The van der Waals surface area contributed by atoms with Crippen LogP contribution in [0.5, 0.6) is 0 Å². The molecule has 0 unspecified atom stereocenters. The van der Waals surface area contributed by atoms with E-state index in [-0.39, 0.29) is 24.2 Å². The van der Waals surface area contributed by atoms with Gasteiger partial charge in [0.2, 0.25) is 11.0 Å². The zero-order chi connectivity index (χ0) is 34.9. The number of likely N-dealkylation sites (N-methyl/N-ethyl adjacent to an activating group) is 1. The van der Waals surface area contributed by atoms with Gasteiger partial charge in [-0.1, -0.05) is 50.3 Å². The van der Waals surface area contributed by atoms with E-state index in [1.165, 1.54) is 12.1 Å². The number of pyridine rings is 1. The molecule has 1 saturated heterocycles. The minimum Gasteiger partial charge on any atom is -0.744 e. The molecule has 4 aromatic rings. The molecule has 3 heterocycles. The second kappa shape index (κ2) is 13.6. The van der Waals surface area contributed by atoms with E-state index in [9.17, 15) is 27.4 Å². The van der Waals surface area contributed by atoms with Crippen LogP contribution in [0.25, 0.3) is 27.9 Å². The maximum Gasteiger partial charge on any atom is 0.333 e. The fraction of sp³-hybridized carbons (Fsp3) is 0.316. The van der Waals surface area contributed by atoms with Crippen molar-refractivity contribution in [3.05, 3.63) is 95.7 Å². The van der Waals surface area contributed by atoms with E-state index in [1.807, 2.05) is 51.1 Å². The van der Waals surface area contributed by atoms with Crippen LogP contribution in [0.4, 0.5) is 5.69 Å². The smallest absolute Gasteiger partial charge is 0.333 e. The fourth-order valence-electron chi connectivity index (χ4n) is 6.98. The lowest BCUT2D eigenvalue weighted by molar-refractivity contribution is -0.645. The predicted molar refractivity (Wildman–Crippen MR) is 185 cm³/mol. The summed E-state index contributed by atoms with van der Waals surface area (Å²) >= 11 is 0. The number of benzene rings is 3. The number of aryl methyl sites for hydroxylation is 1. The van der Waals surface area contributed by atoms with Crippen molar-refractivity contribution in [2.24, 2.45) is 0 Å². The Morgan fingerprint density at radius 1 is 0.939 bits per heavy atom. The molecule has 11 heteroatoms. The highest BCUT2D eigenvalue weighted by atomic mass is 32.2. The molecule has 1 fully saturated rings. The Labute approximate surface area is 286 Å². The minimum atomic E-state index is -4.58. The number of amides is 2. The first-order valence-electron chi connectivity index (χ1n) is 16.6. The van der Waals surface area contributed by atoms with Crippen LogP contribution >= 0.6 is 0 Å². The summed E-state index contributed by atoms with van der Waals surface area (Å²) in [5.74, 6) is -1.53. The summed E-state index contributed by atoms with van der Waals surface area (Å²) in [4.78, 5) is 42.6. The second-order valence-corrected chi connectivity index (χ2v) is 14.2. The number of aromatic nitrogens is 1. The van der Waals surface area contributed by atoms with Gasteiger partial charge in [-0.2, -0.15) is 4.57 Å². The quantitative estimate of drug-likeness (QED) is 0.0614. The van der Waals surface area contributed by atoms with Gasteiger partial charge < -0.3 is 14.3 Å². The summed E-state index contributed by atoms with van der Waals surface area (Å²) in [6.07, 6.45) is 8.64. The van der Waals surface area contributed by atoms with Crippen molar-refractivity contribution in [1.82, 2.24) is 5.06 Å². The lowest BCUT2D eigenvalue weighted by Crippen LogP contribution is -2.36. The minimum absolute atomic E-state index is 0.0724. The van der Waals surface area contributed by atoms with Crippen molar-refractivity contribution in [3.8, 4) is 0 Å². The van der Waals surface area contributed by atoms with E-state index in [0.29, 0.717) is 18.0 Å². The summed E-state index contributed by atoms with van der Waals surface area (Å²) < 4.78 is 37.7. The molecule has 3 aromatic carbocycles. The van der Waals surface area contributed by atoms with Crippen molar-refractivity contribution in [3.63, 3.8) is 0 Å². The molecule has 2 amide bonds. The van der Waals surface area contributed by atoms with Gasteiger partial charge in [0.05, 0.1) is 15.7 Å². The molecule has 10 nitrogen and oxygen atoms in total. The maximum absolute atomic E-state index is 12.2. The van der Waals surface area contributed by atoms with Gasteiger partial charge in [-0.3, -0.25) is 9.59 Å². The third kappa shape index (κ3) is 6.60. The molecule has 0 aliphatic carbocycles. The number of carbonyl (C=O) groups excluding carboxylic acids is 3. The molecule has 0 radical (unpaired) electrons. The molecule has 254 valence electrons. The Balaban J connectivity index is 1.24. The van der Waals surface area contributed by atoms with E-state index in [1.54, 1.807) is 6.07 Å². The monoisotopic (exact) mass is 681 g/mol. The van der Waals surface area contributed by atoms with Crippen molar-refractivity contribution in [2.45, 2.75) is 76.2 Å². The van der Waals surface area contributed by atoms with Crippen LogP contribution in [0.15, 0.2) is 89.5 Å². The molecule has 2 aliphatic rings. The number of nitrogens with zero attached hydrogens (tertiary/aromatic N) is 3. The molecule has 0 bridgehead atoms. The largest absolute Gasteiger partial charge is 0.744 e. The average molecular weight is 682 g/mol. The number of hydroxylamine groups is 2. The first-order valence-corrected chi connectivity index (χ1v) is 18.0. The van der Waals surface area contributed by atoms with E-state index in [4.69, 9.17) is 4.84 Å². The highest BCUT2D eigenvalue weighted by Crippen LogP contribution is 2.48. The fourth-order valence-corrected chi connectivity index (χ4v) is 7.47. The van der Waals surface area contributed by atoms with Crippen molar-refractivity contribution in [2.75, 3.05) is 11.4 Å². The summed E-state index contributed by atoms with van der Waals surface area (Å²) in [5, 5.41) is 2.77. The Morgan fingerprint density at radius 3 is 2.18 bits per heavy atom. The number of fused-ring (bicyclic) bond motifs is 3. The normalized spacial score (nSPS) is 16.9. The summed E-state index contributed by atoms with van der Waals surface area (Å²) in [6, 6.07) is 21.1. The van der Waals surface area contributed by atoms with Gasteiger partial charge in [0.25, 0.3) is 11.8 Å². The van der Waals surface area contributed by atoms with Gasteiger partial charge in [0, 0.05) is 66.7 Å². The molecule has 49 heavy (non-hydrogen) atoms. The van der Waals surface area contributed by atoms with E-state index in [2.05, 4.69) is 45.9 Å². The Kier molecular flexibility index (Phi) is 9.41. The number of para-hydroxylation sites is 2. The van der Waals surface area contributed by atoms with Gasteiger partial charge in [0.1, 0.15) is 16.7 Å². The van der Waals surface area contributed by atoms with Crippen LogP contribution < -0.4 is 9.47 Å². The molecule has 2 aliphatic heterocycles. The highest BCUT2D eigenvalue weighted by Gasteiger charge is 2.39. The number of unbranched alkanes of at least 4 members (excludes halogenated alkanes) is 2. The number of hydrogen-bond donors (Lipinski definition) is 0. The van der Waals surface area contributed by atoms with E-state index < -0.39 is 33.3 Å². The number of imide groups is 1. The van der Waals surface area contributed by atoms with Gasteiger partial charge in [-0.25, -0.2) is 13.2 Å². The van der Waals surface area contributed by atoms with Gasteiger partial charge >= 0.3 is 5.97 Å². The standard InChI is InChI=1S/C38H39N3O7S/c1-4-39-33-21-20-26(49(45,46)47)25-30(33)38(2,3)34(39)18-12-15-27-28-13-7-9-16-31(28)40(32-17-10-8-14-29(27)32)24-11-5-6-19-37(44)48-41-35(42)22-23-36(41)43/h7-10,12-18,20-21,25H,4-6,11,19,22-24H2,1-3H3. The maximum atomic E-state index is 12.2.